The molecule has 4 nitrogen and oxygen atoms in total. The molecule has 0 atom stereocenters. The summed E-state index contributed by atoms with van der Waals surface area (Å²) in [6.07, 6.45) is 2.42. The van der Waals surface area contributed by atoms with Gasteiger partial charge in [0.2, 0.25) is 0 Å². The van der Waals surface area contributed by atoms with E-state index in [9.17, 15) is 0 Å². The zero-order valence-electron chi connectivity index (χ0n) is 9.67. The third-order valence-corrected chi connectivity index (χ3v) is 5.21. The van der Waals surface area contributed by atoms with Gasteiger partial charge in [-0.3, -0.25) is 0 Å². The zero-order valence-corrected chi connectivity index (χ0v) is 12.1. The van der Waals surface area contributed by atoms with E-state index in [1.807, 2.05) is 6.07 Å². The van der Waals surface area contributed by atoms with Gasteiger partial charge in [-0.05, 0) is 25.0 Å². The van der Waals surface area contributed by atoms with Gasteiger partial charge >= 0.3 is 0 Å². The Morgan fingerprint density at radius 2 is 2.28 bits per heavy atom. The molecule has 2 N–H and O–H groups in total. The third kappa shape index (κ3) is 2.56. The Kier molecular flexibility index (Phi) is 3.61. The van der Waals surface area contributed by atoms with Crippen LogP contribution in [0.5, 0.6) is 0 Å². The fourth-order valence-electron chi connectivity index (χ4n) is 1.81. The molecule has 2 heterocycles. The number of halogens is 1. The van der Waals surface area contributed by atoms with Crippen molar-refractivity contribution in [3.8, 4) is 0 Å². The maximum Gasteiger partial charge on any atom is 0.191 e. The van der Waals surface area contributed by atoms with Gasteiger partial charge < -0.3 is 10.3 Å². The van der Waals surface area contributed by atoms with Gasteiger partial charge in [0.1, 0.15) is 5.82 Å². The lowest BCUT2D eigenvalue weighted by Gasteiger charge is -2.06. The van der Waals surface area contributed by atoms with Crippen LogP contribution in [0.1, 0.15) is 29.6 Å². The van der Waals surface area contributed by atoms with E-state index in [2.05, 4.69) is 20.8 Å². The molecule has 3 rings (SSSR count). The van der Waals surface area contributed by atoms with E-state index < -0.39 is 0 Å². The Balaban J connectivity index is 1.74. The highest BCUT2D eigenvalue weighted by Gasteiger charge is 2.29. The van der Waals surface area contributed by atoms with Crippen LogP contribution in [0.4, 0.5) is 0 Å². The van der Waals surface area contributed by atoms with E-state index in [1.165, 1.54) is 17.7 Å². The molecule has 1 fully saturated rings. The lowest BCUT2D eigenvalue weighted by Crippen LogP contribution is -2.07. The molecule has 18 heavy (non-hydrogen) atoms. The Bertz CT molecular complexity index is 547. The molecular formula is C11H13ClN4S2. The molecule has 0 unspecified atom stereocenters. The van der Waals surface area contributed by atoms with Crippen LogP contribution in [-0.4, -0.2) is 14.8 Å². The summed E-state index contributed by atoms with van der Waals surface area (Å²) in [5, 5.41) is 9.37. The van der Waals surface area contributed by atoms with Crippen LogP contribution in [0.3, 0.4) is 0 Å². The second-order valence-electron chi connectivity index (χ2n) is 4.20. The van der Waals surface area contributed by atoms with Crippen LogP contribution >= 0.6 is 34.7 Å². The first-order valence-electron chi connectivity index (χ1n) is 5.79. The molecule has 96 valence electrons. The van der Waals surface area contributed by atoms with Gasteiger partial charge in [-0.25, -0.2) is 0 Å². The van der Waals surface area contributed by atoms with Gasteiger partial charge in [-0.2, -0.15) is 0 Å². The van der Waals surface area contributed by atoms with Crippen molar-refractivity contribution in [1.82, 2.24) is 14.8 Å². The Labute approximate surface area is 119 Å². The van der Waals surface area contributed by atoms with Crippen LogP contribution in [0.2, 0.25) is 4.34 Å². The van der Waals surface area contributed by atoms with Crippen LogP contribution < -0.4 is 5.73 Å². The molecule has 2 aromatic rings. The van der Waals surface area contributed by atoms with Gasteiger partial charge in [0.15, 0.2) is 5.16 Å². The van der Waals surface area contributed by atoms with E-state index in [0.717, 1.165) is 21.1 Å². The topological polar surface area (TPSA) is 56.7 Å². The molecule has 1 aliphatic rings. The molecule has 7 heteroatoms. The average Bonchev–Trinajstić information content (AvgIpc) is 2.99. The Hall–Kier alpha value is -0.560. The third-order valence-electron chi connectivity index (χ3n) is 2.80. The van der Waals surface area contributed by atoms with Crippen LogP contribution in [-0.2, 0) is 12.3 Å². The summed E-state index contributed by atoms with van der Waals surface area (Å²) in [6.45, 7) is 0.453. The van der Waals surface area contributed by atoms with Gasteiger partial charge in [-0.15, -0.1) is 21.5 Å². The highest BCUT2D eigenvalue weighted by Crippen LogP contribution is 2.39. The summed E-state index contributed by atoms with van der Waals surface area (Å²) < 4.78 is 3.02. The fraction of sp³-hybridized carbons (Fsp3) is 0.455. The number of thioether (sulfide) groups is 1. The molecule has 2 aromatic heterocycles. The quantitative estimate of drug-likeness (QED) is 0.862. The van der Waals surface area contributed by atoms with E-state index in [0.29, 0.717) is 12.6 Å². The first kappa shape index (κ1) is 12.5. The molecule has 0 aromatic carbocycles. The Morgan fingerprint density at radius 1 is 1.44 bits per heavy atom. The second-order valence-corrected chi connectivity index (χ2v) is 6.94. The molecular weight excluding hydrogens is 288 g/mol. The number of nitrogens with two attached hydrogens (primary N) is 1. The van der Waals surface area contributed by atoms with Gasteiger partial charge in [0.25, 0.3) is 0 Å². The summed E-state index contributed by atoms with van der Waals surface area (Å²) in [4.78, 5) is 1.25. The number of hydrogen-bond acceptors (Lipinski definition) is 5. The highest BCUT2D eigenvalue weighted by molar-refractivity contribution is 7.98. The first-order valence-corrected chi connectivity index (χ1v) is 7.97. The van der Waals surface area contributed by atoms with Gasteiger partial charge in [-0.1, -0.05) is 23.4 Å². The minimum atomic E-state index is 0.453. The monoisotopic (exact) mass is 300 g/mol. The summed E-state index contributed by atoms with van der Waals surface area (Å²) in [7, 11) is 0. The van der Waals surface area contributed by atoms with Gasteiger partial charge in [0.05, 0.1) is 10.9 Å². The molecule has 0 bridgehead atoms. The second kappa shape index (κ2) is 5.21. The van der Waals surface area contributed by atoms with E-state index in [-0.39, 0.29) is 0 Å². The van der Waals surface area contributed by atoms with E-state index in [4.69, 9.17) is 17.3 Å². The number of hydrogen-bond donors (Lipinski definition) is 1. The van der Waals surface area contributed by atoms with Crippen LogP contribution in [0.15, 0.2) is 17.3 Å². The normalized spacial score (nSPS) is 15.2. The molecule has 0 saturated heterocycles. The predicted molar refractivity (Wildman–Crippen MR) is 75.1 cm³/mol. The van der Waals surface area contributed by atoms with Crippen molar-refractivity contribution in [2.24, 2.45) is 5.73 Å². The summed E-state index contributed by atoms with van der Waals surface area (Å²) >= 11 is 9.24. The number of aromatic nitrogens is 3. The smallest absolute Gasteiger partial charge is 0.191 e. The molecule has 0 amide bonds. The molecule has 0 aliphatic heterocycles. The minimum Gasteiger partial charge on any atom is -0.324 e. The van der Waals surface area contributed by atoms with Crippen LogP contribution in [0.25, 0.3) is 0 Å². The van der Waals surface area contributed by atoms with Crippen molar-refractivity contribution in [1.29, 1.82) is 0 Å². The van der Waals surface area contributed by atoms with Crippen molar-refractivity contribution >= 4 is 34.7 Å². The summed E-state index contributed by atoms with van der Waals surface area (Å²) in [5.74, 6) is 1.77. The van der Waals surface area contributed by atoms with Crippen molar-refractivity contribution in [2.45, 2.75) is 36.3 Å². The van der Waals surface area contributed by atoms with E-state index in [1.54, 1.807) is 23.1 Å². The largest absolute Gasteiger partial charge is 0.324 e. The average molecular weight is 301 g/mol. The number of rotatable bonds is 5. The minimum absolute atomic E-state index is 0.453. The molecule has 0 spiro atoms. The van der Waals surface area contributed by atoms with Gasteiger partial charge in [0, 0.05) is 16.7 Å². The lowest BCUT2D eigenvalue weighted by atomic mass is 10.5. The number of nitrogens with zero attached hydrogens (tertiary/aromatic N) is 3. The predicted octanol–water partition coefficient (Wildman–Crippen LogP) is 3.08. The fourth-order valence-corrected chi connectivity index (χ4v) is 3.96. The number of thiophene rings is 1. The SMILES string of the molecule is NCc1nnc(SCc2ccc(Cl)s2)n1C1CC1. The maximum absolute atomic E-state index is 5.92. The molecule has 1 aliphatic carbocycles. The van der Waals surface area contributed by atoms with Crippen molar-refractivity contribution in [3.05, 3.63) is 27.2 Å². The van der Waals surface area contributed by atoms with Crippen molar-refractivity contribution in [3.63, 3.8) is 0 Å². The molecule has 0 radical (unpaired) electrons. The Morgan fingerprint density at radius 3 is 2.89 bits per heavy atom. The van der Waals surface area contributed by atoms with Crippen molar-refractivity contribution in [2.75, 3.05) is 0 Å². The molecule has 1 saturated carbocycles. The van der Waals surface area contributed by atoms with Crippen molar-refractivity contribution < 1.29 is 0 Å². The zero-order chi connectivity index (χ0) is 12.5. The summed E-state index contributed by atoms with van der Waals surface area (Å²) in [5.41, 5.74) is 5.69. The maximum atomic E-state index is 5.92. The standard InChI is InChI=1S/C11H13ClN4S2/c12-9-4-3-8(18-9)6-17-11-15-14-10(5-13)16(11)7-1-2-7/h3-4,7H,1-2,5-6,13H2. The summed E-state index contributed by atoms with van der Waals surface area (Å²) in [6, 6.07) is 4.55. The van der Waals surface area contributed by atoms with Crippen LogP contribution in [0, 0.1) is 0 Å². The van der Waals surface area contributed by atoms with E-state index >= 15 is 0 Å². The first-order chi connectivity index (χ1) is 8.78. The lowest BCUT2D eigenvalue weighted by molar-refractivity contribution is 0.626. The highest BCUT2D eigenvalue weighted by atomic mass is 35.5.